The van der Waals surface area contributed by atoms with Crippen molar-refractivity contribution in [2.24, 2.45) is 5.92 Å². The molecule has 0 heterocycles. The minimum atomic E-state index is -0.914. The predicted octanol–water partition coefficient (Wildman–Crippen LogP) is 2.33. The standard InChI is InChI=1S/C15H21NO4S/c1-10(2)15(11-4-6-12(20-3)7-5-11)16-13(17)8-21-9-14(18)19/h4-7,10,15H,8-9H2,1-3H3,(H,16,17)(H,18,19). The maximum Gasteiger partial charge on any atom is 0.313 e. The average Bonchev–Trinajstić information content (AvgIpc) is 2.44. The van der Waals surface area contributed by atoms with E-state index in [9.17, 15) is 9.59 Å². The fourth-order valence-corrected chi connectivity index (χ4v) is 2.44. The molecule has 0 radical (unpaired) electrons. The molecule has 1 atom stereocenters. The second-order valence-electron chi connectivity index (χ2n) is 4.95. The van der Waals surface area contributed by atoms with E-state index in [0.717, 1.165) is 23.1 Å². The summed E-state index contributed by atoms with van der Waals surface area (Å²) in [6.07, 6.45) is 0. The Kier molecular flexibility index (Phi) is 7.08. The summed E-state index contributed by atoms with van der Waals surface area (Å²) in [5, 5.41) is 11.5. The van der Waals surface area contributed by atoms with Gasteiger partial charge in [-0.15, -0.1) is 11.8 Å². The van der Waals surface area contributed by atoms with E-state index in [1.165, 1.54) is 0 Å². The van der Waals surface area contributed by atoms with E-state index in [2.05, 4.69) is 5.32 Å². The van der Waals surface area contributed by atoms with Gasteiger partial charge in [0, 0.05) is 0 Å². The maximum atomic E-state index is 11.9. The molecule has 116 valence electrons. The Hall–Kier alpha value is -1.69. The van der Waals surface area contributed by atoms with Crippen LogP contribution in [-0.4, -0.2) is 35.6 Å². The highest BCUT2D eigenvalue weighted by Gasteiger charge is 2.18. The number of aliphatic carboxylic acids is 1. The Bertz CT molecular complexity index is 473. The smallest absolute Gasteiger partial charge is 0.313 e. The molecule has 0 aliphatic rings. The number of benzene rings is 1. The zero-order chi connectivity index (χ0) is 15.8. The van der Waals surface area contributed by atoms with Crippen molar-refractivity contribution in [2.45, 2.75) is 19.9 Å². The van der Waals surface area contributed by atoms with Crippen LogP contribution in [0.1, 0.15) is 25.5 Å². The summed E-state index contributed by atoms with van der Waals surface area (Å²) in [6.45, 7) is 4.05. The first-order chi connectivity index (χ1) is 9.93. The quantitative estimate of drug-likeness (QED) is 0.770. The number of nitrogens with one attached hydrogen (secondary N) is 1. The molecule has 0 fully saturated rings. The normalized spacial score (nSPS) is 12.0. The molecule has 0 aliphatic carbocycles. The number of hydrogen-bond acceptors (Lipinski definition) is 4. The van der Waals surface area contributed by atoms with Crippen LogP contribution in [-0.2, 0) is 9.59 Å². The third kappa shape index (κ3) is 6.08. The summed E-state index contributed by atoms with van der Waals surface area (Å²) in [5.74, 6) is 0.00379. The van der Waals surface area contributed by atoms with Crippen molar-refractivity contribution >= 4 is 23.6 Å². The van der Waals surface area contributed by atoms with Gasteiger partial charge < -0.3 is 15.2 Å². The van der Waals surface area contributed by atoms with Crippen LogP contribution in [0.25, 0.3) is 0 Å². The Morgan fingerprint density at radius 1 is 1.24 bits per heavy atom. The summed E-state index contributed by atoms with van der Waals surface area (Å²) in [5.41, 5.74) is 1.00. The highest BCUT2D eigenvalue weighted by Crippen LogP contribution is 2.24. The van der Waals surface area contributed by atoms with Crippen LogP contribution in [0.15, 0.2) is 24.3 Å². The lowest BCUT2D eigenvalue weighted by atomic mass is 9.96. The lowest BCUT2D eigenvalue weighted by Gasteiger charge is -2.23. The number of methoxy groups -OCH3 is 1. The molecule has 0 aliphatic heterocycles. The Balaban J connectivity index is 2.64. The number of carbonyl (C=O) groups is 2. The van der Waals surface area contributed by atoms with E-state index in [-0.39, 0.29) is 29.4 Å². The van der Waals surface area contributed by atoms with Gasteiger partial charge in [0.05, 0.1) is 24.7 Å². The van der Waals surface area contributed by atoms with Gasteiger partial charge in [-0.1, -0.05) is 26.0 Å². The van der Waals surface area contributed by atoms with Crippen molar-refractivity contribution in [1.82, 2.24) is 5.32 Å². The van der Waals surface area contributed by atoms with Crippen LogP contribution in [0.3, 0.4) is 0 Å². The number of carboxylic acids is 1. The monoisotopic (exact) mass is 311 g/mol. The summed E-state index contributed by atoms with van der Waals surface area (Å²) < 4.78 is 5.12. The van der Waals surface area contributed by atoms with E-state index in [1.54, 1.807) is 7.11 Å². The fraction of sp³-hybridized carbons (Fsp3) is 0.467. The van der Waals surface area contributed by atoms with Gasteiger partial charge in [0.1, 0.15) is 5.75 Å². The number of thioether (sulfide) groups is 1. The zero-order valence-corrected chi connectivity index (χ0v) is 13.3. The van der Waals surface area contributed by atoms with Crippen LogP contribution in [0.2, 0.25) is 0 Å². The average molecular weight is 311 g/mol. The van der Waals surface area contributed by atoms with E-state index in [0.29, 0.717) is 0 Å². The van der Waals surface area contributed by atoms with Gasteiger partial charge >= 0.3 is 5.97 Å². The predicted molar refractivity (Wildman–Crippen MR) is 83.7 cm³/mol. The number of hydrogen-bond donors (Lipinski definition) is 2. The molecule has 21 heavy (non-hydrogen) atoms. The molecule has 0 bridgehead atoms. The molecule has 5 nitrogen and oxygen atoms in total. The molecule has 1 unspecified atom stereocenters. The van der Waals surface area contributed by atoms with Crippen LogP contribution in [0.5, 0.6) is 5.75 Å². The lowest BCUT2D eigenvalue weighted by Crippen LogP contribution is -2.33. The molecule has 1 aromatic carbocycles. The molecule has 1 amide bonds. The van der Waals surface area contributed by atoms with E-state index in [4.69, 9.17) is 9.84 Å². The van der Waals surface area contributed by atoms with Crippen LogP contribution in [0.4, 0.5) is 0 Å². The van der Waals surface area contributed by atoms with Crippen molar-refractivity contribution in [3.05, 3.63) is 29.8 Å². The minimum absolute atomic E-state index is 0.0672. The van der Waals surface area contributed by atoms with Gasteiger partial charge in [0.15, 0.2) is 0 Å². The van der Waals surface area contributed by atoms with Crippen LogP contribution in [0, 0.1) is 5.92 Å². The van der Waals surface area contributed by atoms with E-state index < -0.39 is 5.97 Å². The first kappa shape index (κ1) is 17.4. The van der Waals surface area contributed by atoms with Gasteiger partial charge in [-0.05, 0) is 23.6 Å². The summed E-state index contributed by atoms with van der Waals surface area (Å²) in [6, 6.07) is 7.46. The van der Waals surface area contributed by atoms with Gasteiger partial charge in [0.25, 0.3) is 0 Å². The number of carboxylic acid groups (broad SMARTS) is 1. The molecule has 2 N–H and O–H groups in total. The molecule has 0 aromatic heterocycles. The summed E-state index contributed by atoms with van der Waals surface area (Å²) in [4.78, 5) is 22.3. The number of rotatable bonds is 8. The molecule has 0 saturated carbocycles. The number of carbonyl (C=O) groups excluding carboxylic acids is 1. The molecular weight excluding hydrogens is 290 g/mol. The van der Waals surface area contributed by atoms with E-state index >= 15 is 0 Å². The minimum Gasteiger partial charge on any atom is -0.497 e. The Labute approximate surface area is 129 Å². The second-order valence-corrected chi connectivity index (χ2v) is 5.93. The van der Waals surface area contributed by atoms with Crippen molar-refractivity contribution in [1.29, 1.82) is 0 Å². The number of amides is 1. The van der Waals surface area contributed by atoms with Gasteiger partial charge in [-0.25, -0.2) is 0 Å². The molecule has 1 aromatic rings. The lowest BCUT2D eigenvalue weighted by molar-refractivity contribution is -0.133. The fourth-order valence-electron chi connectivity index (χ4n) is 1.89. The van der Waals surface area contributed by atoms with Crippen LogP contribution < -0.4 is 10.1 Å². The summed E-state index contributed by atoms with van der Waals surface area (Å²) >= 11 is 1.09. The topological polar surface area (TPSA) is 75.6 Å². The molecule has 0 saturated heterocycles. The van der Waals surface area contributed by atoms with Crippen molar-refractivity contribution in [3.8, 4) is 5.75 Å². The summed E-state index contributed by atoms with van der Waals surface area (Å²) in [7, 11) is 1.61. The van der Waals surface area contributed by atoms with Crippen molar-refractivity contribution < 1.29 is 19.4 Å². The second kappa shape index (κ2) is 8.56. The van der Waals surface area contributed by atoms with E-state index in [1.807, 2.05) is 38.1 Å². The first-order valence-electron chi connectivity index (χ1n) is 6.67. The van der Waals surface area contributed by atoms with Crippen molar-refractivity contribution in [2.75, 3.05) is 18.6 Å². The Morgan fingerprint density at radius 2 is 1.86 bits per heavy atom. The molecule has 6 heteroatoms. The molecule has 1 rings (SSSR count). The van der Waals surface area contributed by atoms with Gasteiger partial charge in [-0.3, -0.25) is 9.59 Å². The van der Waals surface area contributed by atoms with Gasteiger partial charge in [0.2, 0.25) is 5.91 Å². The largest absolute Gasteiger partial charge is 0.497 e. The van der Waals surface area contributed by atoms with Crippen LogP contribution >= 0.6 is 11.8 Å². The first-order valence-corrected chi connectivity index (χ1v) is 7.82. The van der Waals surface area contributed by atoms with Crippen molar-refractivity contribution in [3.63, 3.8) is 0 Å². The molecule has 0 spiro atoms. The highest BCUT2D eigenvalue weighted by atomic mass is 32.2. The maximum absolute atomic E-state index is 11.9. The highest BCUT2D eigenvalue weighted by molar-refractivity contribution is 8.00. The Morgan fingerprint density at radius 3 is 2.33 bits per heavy atom. The third-order valence-corrected chi connectivity index (χ3v) is 3.83. The SMILES string of the molecule is COc1ccc(C(NC(=O)CSCC(=O)O)C(C)C)cc1. The molecular formula is C15H21NO4S. The third-order valence-electron chi connectivity index (χ3n) is 2.92. The number of ether oxygens (including phenoxy) is 1. The van der Waals surface area contributed by atoms with Gasteiger partial charge in [-0.2, -0.15) is 0 Å². The zero-order valence-electron chi connectivity index (χ0n) is 12.5.